The number of esters is 1. The van der Waals surface area contributed by atoms with Gasteiger partial charge in [0, 0.05) is 122 Å². The zero-order valence-corrected chi connectivity index (χ0v) is 54.8. The van der Waals surface area contributed by atoms with E-state index in [4.69, 9.17) is 29.1 Å². The Morgan fingerprint density at radius 2 is 1.05 bits per heavy atom. The molecule has 0 spiro atoms. The van der Waals surface area contributed by atoms with Gasteiger partial charge in [0.1, 0.15) is 53.7 Å². The van der Waals surface area contributed by atoms with Gasteiger partial charge in [-0.1, -0.05) is 54.6 Å². The molecule has 0 unspecified atom stereocenters. The summed E-state index contributed by atoms with van der Waals surface area (Å²) in [6.45, 7) is 28.5. The van der Waals surface area contributed by atoms with Crippen LogP contribution >= 0.6 is 0 Å². The van der Waals surface area contributed by atoms with Crippen LogP contribution in [0.25, 0.3) is 100 Å². The number of aromatic carboxylic acids is 2. The van der Waals surface area contributed by atoms with Crippen LogP contribution in [0.4, 0.5) is 17.1 Å². The molecular weight excluding hydrogens is 1160 g/mol. The van der Waals surface area contributed by atoms with E-state index < -0.39 is 11.9 Å². The molecule has 0 fully saturated rings. The maximum absolute atomic E-state index is 12.9. The number of nitrogens with zero attached hydrogens (tertiary/aromatic N) is 2. The van der Waals surface area contributed by atoms with Crippen LogP contribution in [-0.4, -0.2) is 74.0 Å². The number of benzene rings is 9. The molecular formula is C78H81N6O9+3. The molecule has 0 bridgehead atoms. The normalized spacial score (nSPS) is 11.4. The minimum Gasteiger partial charge on any atom is -0.478 e. The number of carboxylic acids is 2. The van der Waals surface area contributed by atoms with Crippen molar-refractivity contribution < 1.29 is 53.0 Å². The van der Waals surface area contributed by atoms with Crippen molar-refractivity contribution in [1.82, 2.24) is 4.58 Å². The van der Waals surface area contributed by atoms with E-state index in [2.05, 4.69) is 138 Å². The van der Waals surface area contributed by atoms with Gasteiger partial charge in [-0.15, -0.1) is 0 Å². The van der Waals surface area contributed by atoms with Gasteiger partial charge in [0.2, 0.25) is 10.7 Å². The third kappa shape index (κ3) is 13.1. The first-order chi connectivity index (χ1) is 44.9. The van der Waals surface area contributed by atoms with Crippen LogP contribution in [0.15, 0.2) is 171 Å². The SMILES string of the molecule is CCN(CC)c1cc2oc3cc(=[N+](CC)CC)c(C)cc-3c(-c3ccccc3C(=O)O)c2cc1C.CCNc1cc2oc3cc(=[NH+]CC)c(C)cc-3c(-c3ccccc3C(=O)OCC)c2cc1C.Nc1ccc2c(-c3ccccc3C(=O)O)c3ccc(=[NH2+])cc-3oc2c1. The lowest BCUT2D eigenvalue weighted by Crippen LogP contribution is -2.76. The van der Waals surface area contributed by atoms with E-state index >= 15 is 0 Å². The Morgan fingerprint density at radius 1 is 0.538 bits per heavy atom. The Kier molecular flexibility index (Phi) is 19.7. The van der Waals surface area contributed by atoms with Gasteiger partial charge in [0.05, 0.1) is 41.5 Å². The molecule has 0 saturated heterocycles. The minimum atomic E-state index is -0.983. The first-order valence-corrected chi connectivity index (χ1v) is 31.8. The van der Waals surface area contributed by atoms with Gasteiger partial charge in [0.15, 0.2) is 5.36 Å². The fraction of sp³-hybridized carbons (Fsp3) is 0.231. The van der Waals surface area contributed by atoms with E-state index in [9.17, 15) is 24.6 Å². The van der Waals surface area contributed by atoms with Crippen molar-refractivity contribution in [3.8, 4) is 67.4 Å². The average molecular weight is 1250 g/mol. The van der Waals surface area contributed by atoms with Gasteiger partial charge >= 0.3 is 17.9 Å². The van der Waals surface area contributed by atoms with Gasteiger partial charge in [-0.25, -0.2) is 24.0 Å². The summed E-state index contributed by atoms with van der Waals surface area (Å²) in [5.74, 6) is -0.136. The molecule has 8 N–H and O–H groups in total. The summed E-state index contributed by atoms with van der Waals surface area (Å²) in [7, 11) is 0. The highest BCUT2D eigenvalue weighted by molar-refractivity contribution is 6.11. The van der Waals surface area contributed by atoms with Crippen LogP contribution < -0.4 is 47.0 Å². The summed E-state index contributed by atoms with van der Waals surface area (Å²) < 4.78 is 26.7. The summed E-state index contributed by atoms with van der Waals surface area (Å²) in [6, 6.07) is 49.4. The molecule has 93 heavy (non-hydrogen) atoms. The molecule has 6 aromatic rings. The number of carboxylic acid groups (broad SMARTS) is 2. The monoisotopic (exact) mass is 1250 g/mol. The van der Waals surface area contributed by atoms with Crippen LogP contribution in [0.1, 0.15) is 102 Å². The summed E-state index contributed by atoms with van der Waals surface area (Å²) in [6.07, 6.45) is 0. The largest absolute Gasteiger partial charge is 0.478 e. The van der Waals surface area contributed by atoms with Crippen molar-refractivity contribution in [2.75, 3.05) is 61.8 Å². The molecule has 0 atom stereocenters. The predicted octanol–water partition coefficient (Wildman–Crippen LogP) is 12.8. The molecule has 12 rings (SSSR count). The highest BCUT2D eigenvalue weighted by Gasteiger charge is 2.27. The molecule has 15 nitrogen and oxygen atoms in total. The molecule has 3 heterocycles. The van der Waals surface area contributed by atoms with Crippen LogP contribution in [0.5, 0.6) is 0 Å². The topological polar surface area (TPSA) is 224 Å². The van der Waals surface area contributed by atoms with Crippen molar-refractivity contribution >= 4 is 67.9 Å². The van der Waals surface area contributed by atoms with E-state index in [1.807, 2.05) is 61.5 Å². The molecule has 3 aliphatic heterocycles. The van der Waals surface area contributed by atoms with Crippen molar-refractivity contribution in [2.45, 2.75) is 76.2 Å². The fourth-order valence-corrected chi connectivity index (χ4v) is 12.6. The average Bonchev–Trinajstić information content (AvgIpc) is 0.760. The van der Waals surface area contributed by atoms with Gasteiger partial charge in [-0.05, 0) is 165 Å². The molecule has 0 aromatic heterocycles. The quantitative estimate of drug-likeness (QED) is 0.0244. The van der Waals surface area contributed by atoms with Gasteiger partial charge in [-0.2, -0.15) is 0 Å². The van der Waals surface area contributed by atoms with Gasteiger partial charge in [-0.3, -0.25) is 5.41 Å². The number of anilines is 3. The highest BCUT2D eigenvalue weighted by Crippen LogP contribution is 2.46. The third-order valence-electron chi connectivity index (χ3n) is 17.0. The van der Waals surface area contributed by atoms with E-state index in [0.717, 1.165) is 161 Å². The maximum atomic E-state index is 12.9. The third-order valence-corrected chi connectivity index (χ3v) is 17.0. The van der Waals surface area contributed by atoms with Crippen molar-refractivity contribution in [2.24, 2.45) is 0 Å². The predicted molar refractivity (Wildman–Crippen MR) is 372 cm³/mol. The summed E-state index contributed by atoms with van der Waals surface area (Å²) in [4.78, 5) is 42.5. The lowest BCUT2D eigenvalue weighted by Gasteiger charge is -2.25. The van der Waals surface area contributed by atoms with Gasteiger partial charge in [0.25, 0.3) is 0 Å². The number of aryl methyl sites for hydroxylation is 4. The number of carbonyl (C=O) groups is 3. The van der Waals surface area contributed by atoms with Crippen LogP contribution in [0.3, 0.4) is 0 Å². The number of nitrogen functional groups attached to an aromatic ring is 1. The lowest BCUT2D eigenvalue weighted by molar-refractivity contribution is -0.496. The molecule has 6 aromatic carbocycles. The number of hydrogen-bond acceptors (Lipinski definition) is 10. The maximum Gasteiger partial charge on any atom is 0.338 e. The smallest absolute Gasteiger partial charge is 0.338 e. The zero-order valence-electron chi connectivity index (χ0n) is 54.8. The number of nitrogens with one attached hydrogen (secondary N) is 2. The zero-order chi connectivity index (χ0) is 66.4. The standard InChI is InChI=1S/C30H34N2O3.C28H30N2O3.C20H14N2O3/c1-7-31(8-2)25-17-27-23(15-19(25)5)29(21-13-11-12-14-22(21)30(33)34)24-16-20(6)26(18-28(24)35-27)32(9-3)10-4;1-6-29-23-15-25-21(13-17(23)4)27(19-11-9-10-12-20(19)28(31)32-8-3)22-14-18(5)24(30-7-2)16-26(22)33-25;21-11-5-7-15-17(9-11)25-18-10-12(22)6-8-16(18)19(15)13-3-1-2-4-14(13)20(23)24/h11-18H,7-10H2,1-6H3;9-16,29H,6-8H2,1-5H3;1-10,21H,22H2,(H,23,24)/p+3. The summed E-state index contributed by atoms with van der Waals surface area (Å²) >= 11 is 0. The number of carbonyl (C=O) groups excluding carboxylic acids is 1. The Labute approximate surface area is 540 Å². The molecule has 3 aliphatic carbocycles. The van der Waals surface area contributed by atoms with E-state index in [0.29, 0.717) is 45.7 Å². The Bertz CT molecular complexity index is 4950. The van der Waals surface area contributed by atoms with Crippen LogP contribution in [-0.2, 0) is 4.74 Å². The molecule has 474 valence electrons. The van der Waals surface area contributed by atoms with Gasteiger partial charge < -0.3 is 44.2 Å². The molecule has 15 heteroatoms. The summed E-state index contributed by atoms with van der Waals surface area (Å²) in [5.41, 5.74) is 23.8. The van der Waals surface area contributed by atoms with Crippen molar-refractivity contribution in [1.29, 1.82) is 0 Å². The molecule has 0 radical (unpaired) electrons. The van der Waals surface area contributed by atoms with Crippen molar-refractivity contribution in [3.63, 3.8) is 0 Å². The fourth-order valence-electron chi connectivity index (χ4n) is 12.6. The first kappa shape index (κ1) is 65.2. The number of fused-ring (bicyclic) bond motifs is 6. The lowest BCUT2D eigenvalue weighted by atomic mass is 9.89. The minimum absolute atomic E-state index is 0.227. The first-order valence-electron chi connectivity index (χ1n) is 31.8. The Morgan fingerprint density at radius 3 is 1.61 bits per heavy atom. The molecule has 0 amide bonds. The highest BCUT2D eigenvalue weighted by atomic mass is 16.5. The van der Waals surface area contributed by atoms with Crippen LogP contribution in [0.2, 0.25) is 0 Å². The van der Waals surface area contributed by atoms with E-state index in [1.54, 1.807) is 54.6 Å². The van der Waals surface area contributed by atoms with E-state index in [1.165, 1.54) is 0 Å². The second-order valence-electron chi connectivity index (χ2n) is 22.9. The Balaban J connectivity index is 0.000000155. The Hall–Kier alpha value is -10.8. The van der Waals surface area contributed by atoms with Crippen LogP contribution in [0, 0.1) is 27.7 Å². The number of nitrogens with two attached hydrogens (primary N) is 2. The van der Waals surface area contributed by atoms with Crippen molar-refractivity contribution in [3.05, 3.63) is 213 Å². The number of hydrogen-bond donors (Lipinski definition) is 6. The van der Waals surface area contributed by atoms with E-state index in [-0.39, 0.29) is 17.1 Å². The molecule has 0 saturated carbocycles. The molecule has 6 aliphatic rings. The summed E-state index contributed by atoms with van der Waals surface area (Å²) in [5, 5.41) is 34.3. The number of rotatable bonds is 15. The second-order valence-corrected chi connectivity index (χ2v) is 22.9. The number of ether oxygens (including phenoxy) is 1. The second kappa shape index (κ2) is 28.2.